The van der Waals surface area contributed by atoms with Crippen LogP contribution in [0, 0.1) is 23.7 Å². The first-order chi connectivity index (χ1) is 7.52. The second-order valence-electron chi connectivity index (χ2n) is 5.47. The van der Waals surface area contributed by atoms with Gasteiger partial charge in [-0.3, -0.25) is 0 Å². The average molecular weight is 214 g/mol. The largest absolute Gasteiger partial charge is 0.370 e. The molecule has 1 aromatic carbocycles. The number of hydrogen-bond donors (Lipinski definition) is 0. The zero-order valence-corrected chi connectivity index (χ0v) is 10.2. The lowest BCUT2D eigenvalue weighted by molar-refractivity contribution is 0.418. The normalized spacial score (nSPS) is 18.5. The van der Waals surface area contributed by atoms with Crippen molar-refractivity contribution in [2.24, 2.45) is 5.41 Å². The van der Waals surface area contributed by atoms with E-state index in [0.29, 0.717) is 5.41 Å². The molecule has 0 amide bonds. The van der Waals surface area contributed by atoms with Crippen molar-refractivity contribution in [1.82, 2.24) is 0 Å². The fraction of sp³-hybridized carbons (Fsp3) is 0.500. The van der Waals surface area contributed by atoms with Gasteiger partial charge in [-0.05, 0) is 36.5 Å². The van der Waals surface area contributed by atoms with Crippen molar-refractivity contribution >= 4 is 5.69 Å². The van der Waals surface area contributed by atoms with E-state index < -0.39 is 0 Å². The summed E-state index contributed by atoms with van der Waals surface area (Å²) in [6.07, 6.45) is 1.20. The Morgan fingerprint density at radius 1 is 1.38 bits per heavy atom. The highest BCUT2D eigenvalue weighted by Crippen LogP contribution is 2.34. The van der Waals surface area contributed by atoms with Crippen LogP contribution in [0.5, 0.6) is 0 Å². The summed E-state index contributed by atoms with van der Waals surface area (Å²) < 4.78 is 0. The molecular formula is C14H18N2. The molecule has 2 nitrogen and oxygen atoms in total. The summed E-state index contributed by atoms with van der Waals surface area (Å²) in [5, 5.41) is 9.16. The fourth-order valence-electron chi connectivity index (χ4n) is 2.33. The van der Waals surface area contributed by atoms with Crippen LogP contribution in [0.4, 0.5) is 5.69 Å². The van der Waals surface area contributed by atoms with Gasteiger partial charge in [0.05, 0.1) is 11.3 Å². The van der Waals surface area contributed by atoms with E-state index in [1.807, 2.05) is 13.0 Å². The van der Waals surface area contributed by atoms with Crippen LogP contribution in [-0.2, 0) is 0 Å². The molecule has 0 aliphatic carbocycles. The minimum atomic E-state index is 0.373. The molecule has 0 saturated carbocycles. The van der Waals surface area contributed by atoms with Crippen LogP contribution in [0.25, 0.3) is 0 Å². The maximum absolute atomic E-state index is 9.16. The van der Waals surface area contributed by atoms with Gasteiger partial charge in [-0.15, -0.1) is 0 Å². The summed E-state index contributed by atoms with van der Waals surface area (Å²) in [7, 11) is 0. The van der Waals surface area contributed by atoms with E-state index in [1.165, 1.54) is 6.42 Å². The standard InChI is InChI=1S/C14H18N2/c1-11-4-5-13(12(8-11)9-15)16-7-6-14(2,3)10-16/h4-5,8H,6-7,10H2,1-3H3. The van der Waals surface area contributed by atoms with Crippen LogP contribution in [0.3, 0.4) is 0 Å². The molecule has 2 rings (SSSR count). The molecule has 1 aliphatic heterocycles. The molecule has 0 bridgehead atoms. The van der Waals surface area contributed by atoms with E-state index in [1.54, 1.807) is 0 Å². The third-order valence-electron chi connectivity index (χ3n) is 3.29. The Bertz CT molecular complexity index is 441. The third-order valence-corrected chi connectivity index (χ3v) is 3.29. The molecule has 0 N–H and O–H groups in total. The quantitative estimate of drug-likeness (QED) is 0.718. The number of benzene rings is 1. The van der Waals surface area contributed by atoms with Crippen LogP contribution in [-0.4, -0.2) is 13.1 Å². The molecule has 0 spiro atoms. The number of nitrogens with zero attached hydrogens (tertiary/aromatic N) is 2. The Labute approximate surface area is 97.5 Å². The highest BCUT2D eigenvalue weighted by molar-refractivity contribution is 5.61. The smallest absolute Gasteiger partial charge is 0.101 e. The highest BCUT2D eigenvalue weighted by Gasteiger charge is 2.30. The van der Waals surface area contributed by atoms with Gasteiger partial charge >= 0.3 is 0 Å². The lowest BCUT2D eigenvalue weighted by atomic mass is 9.93. The van der Waals surface area contributed by atoms with Crippen molar-refractivity contribution in [1.29, 1.82) is 5.26 Å². The summed E-state index contributed by atoms with van der Waals surface area (Å²) >= 11 is 0. The fourth-order valence-corrected chi connectivity index (χ4v) is 2.33. The third kappa shape index (κ3) is 2.04. The summed E-state index contributed by atoms with van der Waals surface area (Å²) in [5.74, 6) is 0. The van der Waals surface area contributed by atoms with Crippen molar-refractivity contribution < 1.29 is 0 Å². The predicted octanol–water partition coefficient (Wildman–Crippen LogP) is 3.10. The van der Waals surface area contributed by atoms with Gasteiger partial charge in [-0.1, -0.05) is 19.9 Å². The molecule has 1 aliphatic rings. The Hall–Kier alpha value is -1.49. The molecule has 0 unspecified atom stereocenters. The van der Waals surface area contributed by atoms with E-state index in [2.05, 4.69) is 36.9 Å². The van der Waals surface area contributed by atoms with E-state index in [4.69, 9.17) is 5.26 Å². The molecule has 2 heteroatoms. The van der Waals surface area contributed by atoms with Crippen LogP contribution < -0.4 is 4.90 Å². The van der Waals surface area contributed by atoms with Crippen LogP contribution in [0.15, 0.2) is 18.2 Å². The molecule has 84 valence electrons. The molecular weight excluding hydrogens is 196 g/mol. The lowest BCUT2D eigenvalue weighted by Crippen LogP contribution is -2.23. The molecule has 0 atom stereocenters. The Kier molecular flexibility index (Phi) is 2.63. The first kappa shape index (κ1) is 11.0. The van der Waals surface area contributed by atoms with Gasteiger partial charge in [-0.2, -0.15) is 5.26 Å². The summed E-state index contributed by atoms with van der Waals surface area (Å²) in [6.45, 7) is 8.70. The van der Waals surface area contributed by atoms with Gasteiger partial charge in [0.2, 0.25) is 0 Å². The van der Waals surface area contributed by atoms with E-state index in [9.17, 15) is 0 Å². The van der Waals surface area contributed by atoms with Gasteiger partial charge in [-0.25, -0.2) is 0 Å². The minimum Gasteiger partial charge on any atom is -0.370 e. The number of rotatable bonds is 1. The van der Waals surface area contributed by atoms with Crippen molar-refractivity contribution in [2.75, 3.05) is 18.0 Å². The number of anilines is 1. The molecule has 0 radical (unpaired) electrons. The first-order valence-electron chi connectivity index (χ1n) is 5.77. The Morgan fingerprint density at radius 2 is 2.12 bits per heavy atom. The number of aryl methyl sites for hydroxylation is 1. The van der Waals surface area contributed by atoms with Crippen LogP contribution >= 0.6 is 0 Å². The number of nitriles is 1. The van der Waals surface area contributed by atoms with E-state index in [-0.39, 0.29) is 0 Å². The molecule has 0 aromatic heterocycles. The second kappa shape index (κ2) is 3.83. The van der Waals surface area contributed by atoms with Gasteiger partial charge in [0.1, 0.15) is 6.07 Å². The summed E-state index contributed by atoms with van der Waals surface area (Å²) in [6, 6.07) is 8.44. The molecule has 1 aromatic rings. The lowest BCUT2D eigenvalue weighted by Gasteiger charge is -2.22. The maximum Gasteiger partial charge on any atom is 0.101 e. The van der Waals surface area contributed by atoms with Gasteiger partial charge in [0.25, 0.3) is 0 Å². The van der Waals surface area contributed by atoms with Crippen molar-refractivity contribution in [2.45, 2.75) is 27.2 Å². The Morgan fingerprint density at radius 3 is 2.69 bits per heavy atom. The van der Waals surface area contributed by atoms with Crippen molar-refractivity contribution in [3.05, 3.63) is 29.3 Å². The van der Waals surface area contributed by atoms with Gasteiger partial charge < -0.3 is 4.90 Å². The van der Waals surface area contributed by atoms with E-state index >= 15 is 0 Å². The summed E-state index contributed by atoms with van der Waals surface area (Å²) in [5.41, 5.74) is 3.42. The van der Waals surface area contributed by atoms with Crippen LogP contribution in [0.1, 0.15) is 31.4 Å². The van der Waals surface area contributed by atoms with Crippen molar-refractivity contribution in [3.8, 4) is 6.07 Å². The monoisotopic (exact) mass is 214 g/mol. The second-order valence-corrected chi connectivity index (χ2v) is 5.47. The van der Waals surface area contributed by atoms with E-state index in [0.717, 1.165) is 29.9 Å². The van der Waals surface area contributed by atoms with Gasteiger partial charge in [0, 0.05) is 13.1 Å². The summed E-state index contributed by atoms with van der Waals surface area (Å²) in [4.78, 5) is 2.33. The zero-order valence-electron chi connectivity index (χ0n) is 10.2. The number of hydrogen-bond acceptors (Lipinski definition) is 2. The SMILES string of the molecule is Cc1ccc(N2CCC(C)(C)C2)c(C#N)c1. The minimum absolute atomic E-state index is 0.373. The predicted molar refractivity (Wildman–Crippen MR) is 66.5 cm³/mol. The average Bonchev–Trinajstić information content (AvgIpc) is 2.58. The maximum atomic E-state index is 9.16. The molecule has 16 heavy (non-hydrogen) atoms. The Balaban J connectivity index is 2.32. The topological polar surface area (TPSA) is 27.0 Å². The van der Waals surface area contributed by atoms with Crippen LogP contribution in [0.2, 0.25) is 0 Å². The molecule has 1 fully saturated rings. The van der Waals surface area contributed by atoms with Gasteiger partial charge in [0.15, 0.2) is 0 Å². The van der Waals surface area contributed by atoms with Crippen molar-refractivity contribution in [3.63, 3.8) is 0 Å². The first-order valence-corrected chi connectivity index (χ1v) is 5.77. The zero-order chi connectivity index (χ0) is 11.8. The highest BCUT2D eigenvalue weighted by atomic mass is 15.2. The molecule has 1 heterocycles. The molecule has 1 saturated heterocycles.